The SMILES string of the molecule is CC1NNC(c2ccc(Cl)cc2)C1CC(=O)NCCS(=O)(=O)c1ccc(F)cc1. The third kappa shape index (κ3) is 5.54. The Balaban J connectivity index is 1.55. The summed E-state index contributed by atoms with van der Waals surface area (Å²) in [6.07, 6.45) is 0.241. The van der Waals surface area contributed by atoms with Gasteiger partial charge in [-0.2, -0.15) is 0 Å². The summed E-state index contributed by atoms with van der Waals surface area (Å²) in [4.78, 5) is 12.4. The summed E-state index contributed by atoms with van der Waals surface area (Å²) >= 11 is 5.95. The minimum atomic E-state index is -3.59. The molecule has 0 bridgehead atoms. The first-order valence-electron chi connectivity index (χ1n) is 9.28. The molecule has 2 aromatic carbocycles. The van der Waals surface area contributed by atoms with Crippen LogP contribution in [0.25, 0.3) is 0 Å². The fraction of sp³-hybridized carbons (Fsp3) is 0.350. The molecule has 3 unspecified atom stereocenters. The second-order valence-corrected chi connectivity index (χ2v) is 9.64. The van der Waals surface area contributed by atoms with Crippen molar-refractivity contribution in [3.63, 3.8) is 0 Å². The largest absolute Gasteiger partial charge is 0.355 e. The molecule has 156 valence electrons. The standard InChI is InChI=1S/C20H23ClFN3O3S/c1-13-18(20(25-24-13)14-2-4-15(21)5-3-14)12-19(26)23-10-11-29(27,28)17-8-6-16(22)7-9-17/h2-9,13,18,20,24-25H,10-12H2,1H3,(H,23,26). The van der Waals surface area contributed by atoms with E-state index in [1.54, 1.807) is 12.1 Å². The van der Waals surface area contributed by atoms with Gasteiger partial charge in [0.2, 0.25) is 5.91 Å². The van der Waals surface area contributed by atoms with Crippen molar-refractivity contribution in [1.82, 2.24) is 16.2 Å². The maximum atomic E-state index is 13.0. The number of halogens is 2. The molecule has 6 nitrogen and oxygen atoms in total. The predicted molar refractivity (Wildman–Crippen MR) is 109 cm³/mol. The fourth-order valence-corrected chi connectivity index (χ4v) is 4.67. The van der Waals surface area contributed by atoms with E-state index in [2.05, 4.69) is 16.2 Å². The average molecular weight is 440 g/mol. The summed E-state index contributed by atoms with van der Waals surface area (Å²) in [5.74, 6) is -0.979. The van der Waals surface area contributed by atoms with E-state index < -0.39 is 15.7 Å². The van der Waals surface area contributed by atoms with Gasteiger partial charge in [-0.05, 0) is 48.9 Å². The smallest absolute Gasteiger partial charge is 0.220 e. The molecule has 0 aliphatic carbocycles. The highest BCUT2D eigenvalue weighted by Gasteiger charge is 2.35. The molecule has 0 saturated carbocycles. The quantitative estimate of drug-likeness (QED) is 0.577. The number of sulfone groups is 1. The average Bonchev–Trinajstić information content (AvgIpc) is 3.03. The van der Waals surface area contributed by atoms with Crippen LogP contribution >= 0.6 is 11.6 Å². The summed E-state index contributed by atoms with van der Waals surface area (Å²) in [5, 5.41) is 3.32. The lowest BCUT2D eigenvalue weighted by Gasteiger charge is -2.21. The zero-order chi connectivity index (χ0) is 21.0. The molecule has 3 atom stereocenters. The Hall–Kier alpha value is -2.00. The first-order chi connectivity index (χ1) is 13.8. The molecule has 2 aromatic rings. The second-order valence-electron chi connectivity index (χ2n) is 7.10. The molecule has 1 fully saturated rings. The van der Waals surface area contributed by atoms with Crippen LogP contribution in [0.1, 0.15) is 24.9 Å². The summed E-state index contributed by atoms with van der Waals surface area (Å²) in [6, 6.07) is 12.1. The molecule has 3 N–H and O–H groups in total. The minimum Gasteiger partial charge on any atom is -0.355 e. The van der Waals surface area contributed by atoms with Crippen molar-refractivity contribution in [2.45, 2.75) is 30.3 Å². The van der Waals surface area contributed by atoms with Crippen molar-refractivity contribution >= 4 is 27.3 Å². The summed E-state index contributed by atoms with van der Waals surface area (Å²) < 4.78 is 37.5. The number of carbonyl (C=O) groups excluding carboxylic acids is 1. The van der Waals surface area contributed by atoms with Crippen LogP contribution in [0.15, 0.2) is 53.4 Å². The van der Waals surface area contributed by atoms with E-state index in [-0.39, 0.29) is 47.5 Å². The topological polar surface area (TPSA) is 87.3 Å². The van der Waals surface area contributed by atoms with Gasteiger partial charge in [0, 0.05) is 29.9 Å². The van der Waals surface area contributed by atoms with Crippen LogP contribution in [-0.4, -0.2) is 32.7 Å². The number of hydrazine groups is 1. The third-order valence-corrected chi connectivity index (χ3v) is 7.04. The molecule has 0 radical (unpaired) electrons. The molecule has 1 aliphatic rings. The normalized spacial score (nSPS) is 21.8. The Labute approximate surface area is 174 Å². The van der Waals surface area contributed by atoms with Gasteiger partial charge in [0.05, 0.1) is 16.7 Å². The Morgan fingerprint density at radius 2 is 1.76 bits per heavy atom. The second kappa shape index (κ2) is 9.21. The van der Waals surface area contributed by atoms with Gasteiger partial charge >= 0.3 is 0 Å². The maximum Gasteiger partial charge on any atom is 0.220 e. The first-order valence-corrected chi connectivity index (χ1v) is 11.3. The van der Waals surface area contributed by atoms with E-state index in [1.165, 1.54) is 12.1 Å². The van der Waals surface area contributed by atoms with Crippen molar-refractivity contribution in [2.75, 3.05) is 12.3 Å². The van der Waals surface area contributed by atoms with Crippen molar-refractivity contribution in [1.29, 1.82) is 0 Å². The van der Waals surface area contributed by atoms with Gasteiger partial charge in [-0.25, -0.2) is 18.2 Å². The van der Waals surface area contributed by atoms with E-state index in [9.17, 15) is 17.6 Å². The Morgan fingerprint density at radius 1 is 1.10 bits per heavy atom. The molecule has 0 spiro atoms. The molecule has 1 heterocycles. The lowest BCUT2D eigenvalue weighted by molar-refractivity contribution is -0.122. The van der Waals surface area contributed by atoms with E-state index >= 15 is 0 Å². The molecular formula is C20H23ClFN3O3S. The number of benzene rings is 2. The number of hydrogen-bond acceptors (Lipinski definition) is 5. The number of nitrogens with one attached hydrogen (secondary N) is 3. The maximum absolute atomic E-state index is 13.0. The summed E-state index contributed by atoms with van der Waals surface area (Å²) in [7, 11) is -3.59. The Bertz CT molecular complexity index is 952. The Kier molecular flexibility index (Phi) is 6.89. The van der Waals surface area contributed by atoms with Gasteiger partial charge in [-0.1, -0.05) is 23.7 Å². The van der Waals surface area contributed by atoms with Crippen LogP contribution in [0.2, 0.25) is 5.02 Å². The molecule has 1 saturated heterocycles. The van der Waals surface area contributed by atoms with Crippen LogP contribution in [-0.2, 0) is 14.6 Å². The van der Waals surface area contributed by atoms with Crippen molar-refractivity contribution < 1.29 is 17.6 Å². The molecule has 29 heavy (non-hydrogen) atoms. The first kappa shape index (κ1) is 21.7. The molecule has 9 heteroatoms. The lowest BCUT2D eigenvalue weighted by atomic mass is 9.87. The van der Waals surface area contributed by atoms with Gasteiger partial charge in [0.15, 0.2) is 9.84 Å². The Morgan fingerprint density at radius 3 is 2.41 bits per heavy atom. The molecular weight excluding hydrogens is 417 g/mol. The molecule has 1 amide bonds. The summed E-state index contributed by atoms with van der Waals surface area (Å²) in [6.45, 7) is 1.98. The van der Waals surface area contributed by atoms with Crippen molar-refractivity contribution in [3.05, 3.63) is 64.9 Å². The minimum absolute atomic E-state index is 0.00782. The van der Waals surface area contributed by atoms with Gasteiger partial charge in [-0.15, -0.1) is 0 Å². The zero-order valence-corrected chi connectivity index (χ0v) is 17.4. The van der Waals surface area contributed by atoms with Crippen LogP contribution in [0.4, 0.5) is 4.39 Å². The number of amides is 1. The highest BCUT2D eigenvalue weighted by atomic mass is 35.5. The summed E-state index contributed by atoms with van der Waals surface area (Å²) in [5.41, 5.74) is 7.38. The van der Waals surface area contributed by atoms with Gasteiger partial charge in [0.25, 0.3) is 0 Å². The highest BCUT2D eigenvalue weighted by molar-refractivity contribution is 7.91. The van der Waals surface area contributed by atoms with E-state index in [1.807, 2.05) is 19.1 Å². The van der Waals surface area contributed by atoms with E-state index in [0.717, 1.165) is 17.7 Å². The van der Waals surface area contributed by atoms with Crippen LogP contribution in [0, 0.1) is 11.7 Å². The number of carbonyl (C=O) groups is 1. The molecule has 0 aromatic heterocycles. The predicted octanol–water partition coefficient (Wildman–Crippen LogP) is 2.61. The van der Waals surface area contributed by atoms with Crippen LogP contribution in [0.5, 0.6) is 0 Å². The lowest BCUT2D eigenvalue weighted by Crippen LogP contribution is -2.33. The van der Waals surface area contributed by atoms with Crippen molar-refractivity contribution in [3.8, 4) is 0 Å². The van der Waals surface area contributed by atoms with Gasteiger partial charge in [-0.3, -0.25) is 10.2 Å². The van der Waals surface area contributed by atoms with Crippen LogP contribution in [0.3, 0.4) is 0 Å². The van der Waals surface area contributed by atoms with Gasteiger partial charge < -0.3 is 5.32 Å². The van der Waals surface area contributed by atoms with E-state index in [0.29, 0.717) is 5.02 Å². The van der Waals surface area contributed by atoms with E-state index in [4.69, 9.17) is 11.6 Å². The highest BCUT2D eigenvalue weighted by Crippen LogP contribution is 2.31. The van der Waals surface area contributed by atoms with Crippen LogP contribution < -0.4 is 16.2 Å². The monoisotopic (exact) mass is 439 g/mol. The molecule has 1 aliphatic heterocycles. The van der Waals surface area contributed by atoms with Crippen molar-refractivity contribution in [2.24, 2.45) is 5.92 Å². The number of rotatable bonds is 7. The number of hydrogen-bond donors (Lipinski definition) is 3. The van der Waals surface area contributed by atoms with Gasteiger partial charge in [0.1, 0.15) is 5.82 Å². The zero-order valence-electron chi connectivity index (χ0n) is 15.9. The third-order valence-electron chi connectivity index (χ3n) is 5.05. The molecule has 3 rings (SSSR count). The fourth-order valence-electron chi connectivity index (χ4n) is 3.39.